The summed E-state index contributed by atoms with van der Waals surface area (Å²) in [4.78, 5) is 0. The maximum absolute atomic E-state index is 2.44. The van der Waals surface area contributed by atoms with Gasteiger partial charge >= 0.3 is 0 Å². The van der Waals surface area contributed by atoms with Crippen molar-refractivity contribution < 1.29 is 0 Å². The summed E-state index contributed by atoms with van der Waals surface area (Å²) < 4.78 is 0. The zero-order valence-electron chi connectivity index (χ0n) is 12.1. The van der Waals surface area contributed by atoms with Crippen LogP contribution in [0.5, 0.6) is 0 Å². The second kappa shape index (κ2) is 5.92. The van der Waals surface area contributed by atoms with Crippen LogP contribution in [0.15, 0.2) is 0 Å². The Morgan fingerprint density at radius 3 is 1.87 bits per heavy atom. The van der Waals surface area contributed by atoms with E-state index in [0.29, 0.717) is 10.8 Å². The highest BCUT2D eigenvalue weighted by Crippen LogP contribution is 2.39. The lowest BCUT2D eigenvalue weighted by Gasteiger charge is -2.36. The summed E-state index contributed by atoms with van der Waals surface area (Å²) in [7, 11) is 0. The Kier molecular flexibility index (Phi) is 5.92. The van der Waals surface area contributed by atoms with Crippen LogP contribution in [0, 0.1) is 16.7 Å². The molecule has 0 aromatic rings. The average Bonchev–Trinajstić information content (AvgIpc) is 2.01. The number of hydrogen-bond donors (Lipinski definition) is 0. The highest BCUT2D eigenvalue weighted by Gasteiger charge is 2.28. The van der Waals surface area contributed by atoms with Gasteiger partial charge in [-0.15, -0.1) is 0 Å². The fourth-order valence-electron chi connectivity index (χ4n) is 2.27. The van der Waals surface area contributed by atoms with Crippen LogP contribution in [0.2, 0.25) is 0 Å². The van der Waals surface area contributed by atoms with Gasteiger partial charge in [0.1, 0.15) is 0 Å². The van der Waals surface area contributed by atoms with Gasteiger partial charge in [-0.05, 0) is 29.6 Å². The average molecular weight is 212 g/mol. The van der Waals surface area contributed by atoms with Crippen molar-refractivity contribution in [3.8, 4) is 0 Å². The summed E-state index contributed by atoms with van der Waals surface area (Å²) in [6.07, 6.45) is 6.86. The first kappa shape index (κ1) is 15.0. The lowest BCUT2D eigenvalue weighted by molar-refractivity contribution is 0.148. The molecule has 0 aliphatic rings. The molecule has 0 bridgehead atoms. The Morgan fingerprint density at radius 2 is 1.47 bits per heavy atom. The van der Waals surface area contributed by atoms with Gasteiger partial charge in [0.25, 0.3) is 0 Å². The van der Waals surface area contributed by atoms with E-state index in [9.17, 15) is 0 Å². The molecule has 0 saturated carbocycles. The predicted molar refractivity (Wildman–Crippen MR) is 71.2 cm³/mol. The molecule has 0 saturated heterocycles. The van der Waals surface area contributed by atoms with E-state index in [1.807, 2.05) is 0 Å². The maximum Gasteiger partial charge on any atom is -0.0328 e. The first-order chi connectivity index (χ1) is 6.69. The summed E-state index contributed by atoms with van der Waals surface area (Å²) in [5, 5.41) is 0. The normalized spacial score (nSPS) is 15.4. The van der Waals surface area contributed by atoms with Crippen molar-refractivity contribution in [2.75, 3.05) is 0 Å². The zero-order chi connectivity index (χ0) is 12.1. The lowest BCUT2D eigenvalue weighted by Crippen LogP contribution is -2.25. The lowest BCUT2D eigenvalue weighted by atomic mass is 9.70. The van der Waals surface area contributed by atoms with Gasteiger partial charge < -0.3 is 0 Å². The second-order valence-electron chi connectivity index (χ2n) is 7.11. The number of unbranched alkanes of at least 4 members (excludes halogenated alkanes) is 2. The molecule has 0 rings (SSSR count). The Hall–Kier alpha value is 0. The first-order valence-electron chi connectivity index (χ1n) is 6.69. The van der Waals surface area contributed by atoms with Crippen molar-refractivity contribution in [1.29, 1.82) is 0 Å². The highest BCUT2D eigenvalue weighted by molar-refractivity contribution is 4.79. The molecule has 0 heterocycles. The molecule has 0 aliphatic heterocycles. The largest absolute Gasteiger partial charge is 0.0654 e. The Balaban J connectivity index is 4.07. The van der Waals surface area contributed by atoms with E-state index in [2.05, 4.69) is 48.5 Å². The van der Waals surface area contributed by atoms with Crippen molar-refractivity contribution in [1.82, 2.24) is 0 Å². The Morgan fingerprint density at radius 1 is 0.933 bits per heavy atom. The highest BCUT2D eigenvalue weighted by atomic mass is 14.3. The molecule has 15 heavy (non-hydrogen) atoms. The number of hydrogen-bond acceptors (Lipinski definition) is 0. The predicted octanol–water partition coefficient (Wildman–Crippen LogP) is 5.67. The van der Waals surface area contributed by atoms with Crippen molar-refractivity contribution >= 4 is 0 Å². The quantitative estimate of drug-likeness (QED) is 0.498. The van der Waals surface area contributed by atoms with Gasteiger partial charge in [-0.25, -0.2) is 0 Å². The molecule has 1 unspecified atom stereocenters. The molecule has 0 N–H and O–H groups in total. The van der Waals surface area contributed by atoms with Crippen LogP contribution < -0.4 is 0 Å². The van der Waals surface area contributed by atoms with E-state index < -0.39 is 0 Å². The van der Waals surface area contributed by atoms with Crippen molar-refractivity contribution in [3.05, 3.63) is 0 Å². The van der Waals surface area contributed by atoms with Crippen LogP contribution in [0.3, 0.4) is 0 Å². The van der Waals surface area contributed by atoms with Crippen LogP contribution in [0.25, 0.3) is 0 Å². The minimum absolute atomic E-state index is 0.474. The maximum atomic E-state index is 2.44. The summed E-state index contributed by atoms with van der Waals surface area (Å²) >= 11 is 0. The fraction of sp³-hybridized carbons (Fsp3) is 1.00. The second-order valence-corrected chi connectivity index (χ2v) is 7.11. The van der Waals surface area contributed by atoms with Crippen molar-refractivity contribution in [2.24, 2.45) is 16.7 Å². The molecule has 0 aromatic heterocycles. The molecule has 1 atom stereocenters. The topological polar surface area (TPSA) is 0 Å². The van der Waals surface area contributed by atoms with Crippen LogP contribution in [0.1, 0.15) is 80.6 Å². The van der Waals surface area contributed by atoms with Gasteiger partial charge in [-0.3, -0.25) is 0 Å². The summed E-state index contributed by atoms with van der Waals surface area (Å²) in [6.45, 7) is 16.7. The van der Waals surface area contributed by atoms with E-state index in [1.165, 1.54) is 32.1 Å². The van der Waals surface area contributed by atoms with Gasteiger partial charge in [0, 0.05) is 0 Å². The molecule has 0 spiro atoms. The van der Waals surface area contributed by atoms with Gasteiger partial charge in [0.05, 0.1) is 0 Å². The molecular weight excluding hydrogens is 180 g/mol. The monoisotopic (exact) mass is 212 g/mol. The third-order valence-corrected chi connectivity index (χ3v) is 3.68. The number of rotatable bonds is 6. The summed E-state index contributed by atoms with van der Waals surface area (Å²) in [5.41, 5.74) is 0.990. The van der Waals surface area contributed by atoms with Gasteiger partial charge in [-0.1, -0.05) is 67.7 Å². The summed E-state index contributed by atoms with van der Waals surface area (Å²) in [6, 6.07) is 0. The van der Waals surface area contributed by atoms with Crippen molar-refractivity contribution in [2.45, 2.75) is 80.6 Å². The van der Waals surface area contributed by atoms with E-state index in [0.717, 1.165) is 5.92 Å². The molecule has 0 aliphatic carbocycles. The Bertz CT molecular complexity index is 159. The molecule has 0 aromatic carbocycles. The van der Waals surface area contributed by atoms with E-state index in [-0.39, 0.29) is 0 Å². The molecular formula is C15H32. The van der Waals surface area contributed by atoms with Crippen LogP contribution in [-0.2, 0) is 0 Å². The van der Waals surface area contributed by atoms with Gasteiger partial charge in [0.2, 0.25) is 0 Å². The molecule has 0 radical (unpaired) electrons. The smallest absolute Gasteiger partial charge is 0.0328 e. The standard InChI is InChI=1S/C15H32/c1-8-9-10-11-15(6,7)13(2)12-14(3,4)5/h13H,8-12H2,1-7H3. The third-order valence-electron chi connectivity index (χ3n) is 3.68. The third kappa shape index (κ3) is 6.98. The zero-order valence-corrected chi connectivity index (χ0v) is 12.1. The molecule has 0 heteroatoms. The van der Waals surface area contributed by atoms with Crippen LogP contribution >= 0.6 is 0 Å². The SMILES string of the molecule is CCCCCC(C)(C)C(C)CC(C)(C)C. The van der Waals surface area contributed by atoms with Crippen LogP contribution in [-0.4, -0.2) is 0 Å². The molecule has 92 valence electrons. The molecule has 0 nitrogen and oxygen atoms in total. The van der Waals surface area contributed by atoms with E-state index in [4.69, 9.17) is 0 Å². The van der Waals surface area contributed by atoms with Gasteiger partial charge in [0.15, 0.2) is 0 Å². The molecule has 0 fully saturated rings. The van der Waals surface area contributed by atoms with Crippen LogP contribution in [0.4, 0.5) is 0 Å². The minimum Gasteiger partial charge on any atom is -0.0654 e. The molecule has 0 amide bonds. The van der Waals surface area contributed by atoms with Crippen molar-refractivity contribution in [3.63, 3.8) is 0 Å². The van der Waals surface area contributed by atoms with Gasteiger partial charge in [-0.2, -0.15) is 0 Å². The Labute approximate surface area is 97.8 Å². The fourth-order valence-corrected chi connectivity index (χ4v) is 2.27. The van der Waals surface area contributed by atoms with E-state index in [1.54, 1.807) is 0 Å². The first-order valence-corrected chi connectivity index (χ1v) is 6.69. The van der Waals surface area contributed by atoms with E-state index >= 15 is 0 Å². The minimum atomic E-state index is 0.474. The summed E-state index contributed by atoms with van der Waals surface area (Å²) in [5.74, 6) is 0.828.